The molecular weight excluding hydrogens is 849 g/mol. The third kappa shape index (κ3) is 8.01. The Hall–Kier alpha value is -9.12. The number of pyridine rings is 2. The van der Waals surface area contributed by atoms with Gasteiger partial charge in [0, 0.05) is 57.0 Å². The smallest absolute Gasteiger partial charge is 0.0709 e. The molecule has 0 unspecified atom stereocenters. The molecule has 9 aromatic carbocycles. The molecule has 3 heterocycles. The summed E-state index contributed by atoms with van der Waals surface area (Å²) in [4.78, 5) is 12.4. The van der Waals surface area contributed by atoms with Gasteiger partial charge in [-0.2, -0.15) is 0 Å². The minimum absolute atomic E-state index is 0.915. The van der Waals surface area contributed by atoms with Gasteiger partial charge in [-0.05, 0) is 142 Å². The summed E-state index contributed by atoms with van der Waals surface area (Å²) in [6.45, 7) is 4.28. The molecule has 4 nitrogen and oxygen atoms in total. The predicted octanol–water partition coefficient (Wildman–Crippen LogP) is 17.7. The first kappa shape index (κ1) is 42.2. The highest BCUT2D eigenvalue weighted by Gasteiger charge is 2.18. The summed E-state index contributed by atoms with van der Waals surface area (Å²) in [7, 11) is 0. The number of benzene rings is 9. The number of anilines is 3. The molecule has 0 bridgehead atoms. The third-order valence-corrected chi connectivity index (χ3v) is 13.6. The van der Waals surface area contributed by atoms with Gasteiger partial charge in [-0.25, -0.2) is 0 Å². The van der Waals surface area contributed by atoms with E-state index >= 15 is 0 Å². The minimum Gasteiger partial charge on any atom is -0.310 e. The van der Waals surface area contributed by atoms with Crippen molar-refractivity contribution in [1.82, 2.24) is 14.5 Å². The lowest BCUT2D eigenvalue weighted by Gasteiger charge is -2.27. The van der Waals surface area contributed by atoms with E-state index in [9.17, 15) is 0 Å². The molecule has 4 heteroatoms. The van der Waals surface area contributed by atoms with E-state index < -0.39 is 0 Å². The Balaban J connectivity index is 0.939. The van der Waals surface area contributed by atoms with Crippen molar-refractivity contribution in [2.45, 2.75) is 13.8 Å². The molecule has 0 amide bonds. The van der Waals surface area contributed by atoms with Crippen LogP contribution in [0.25, 0.3) is 94.5 Å². The Labute approximate surface area is 409 Å². The lowest BCUT2D eigenvalue weighted by atomic mass is 9.96. The van der Waals surface area contributed by atoms with Crippen LogP contribution in [0.15, 0.2) is 255 Å². The van der Waals surface area contributed by atoms with Crippen LogP contribution in [0.2, 0.25) is 0 Å². The summed E-state index contributed by atoms with van der Waals surface area (Å²) in [5.41, 5.74) is 22.2. The molecule has 12 rings (SSSR count). The molecule has 0 saturated carbocycles. The molecule has 0 fully saturated rings. The monoisotopic (exact) mass is 896 g/mol. The number of hydrogen-bond acceptors (Lipinski definition) is 3. The summed E-state index contributed by atoms with van der Waals surface area (Å²) in [6, 6.07) is 87.0. The van der Waals surface area contributed by atoms with Crippen LogP contribution in [0, 0.1) is 13.8 Å². The molecule has 0 aliphatic carbocycles. The zero-order valence-corrected chi connectivity index (χ0v) is 39.0. The standard InChI is InChI=1S/C66H48N4/c1-45-43-67-63(41-61(45)51-31-27-49(28-32-51)47-15-5-3-6-16-47)53-19-13-21-57(39-53)69(55-35-37-56(38-36-55)70-65-25-11-9-23-59(65)60-24-10-12-26-66(60)70)58-22-14-20-54(40-58)64-42-62(46(2)44-68-64)52-33-29-50(30-34-52)48-17-7-4-8-18-48/h3-44H,1-2H3. The maximum atomic E-state index is 5.02. The second kappa shape index (κ2) is 18.2. The topological polar surface area (TPSA) is 34.0 Å². The van der Waals surface area contributed by atoms with Crippen molar-refractivity contribution < 1.29 is 0 Å². The van der Waals surface area contributed by atoms with Crippen LogP contribution in [0.1, 0.15) is 11.1 Å². The third-order valence-electron chi connectivity index (χ3n) is 13.6. The van der Waals surface area contributed by atoms with Gasteiger partial charge in [0.15, 0.2) is 0 Å². The van der Waals surface area contributed by atoms with Crippen LogP contribution in [-0.4, -0.2) is 14.5 Å². The van der Waals surface area contributed by atoms with Gasteiger partial charge in [0.1, 0.15) is 0 Å². The summed E-state index contributed by atoms with van der Waals surface area (Å²) in [5.74, 6) is 0. The van der Waals surface area contributed by atoms with E-state index in [1.54, 1.807) is 0 Å². The number of hydrogen-bond donors (Lipinski definition) is 0. The minimum atomic E-state index is 0.915. The maximum absolute atomic E-state index is 5.02. The Morgan fingerprint density at radius 2 is 0.700 bits per heavy atom. The summed E-state index contributed by atoms with van der Waals surface area (Å²) in [6.07, 6.45) is 4.00. The SMILES string of the molecule is Cc1cnc(-c2cccc(N(c3ccc(-n4c5ccccc5c5ccccc54)cc3)c3cccc(-c4cc(-c5ccc(-c6ccccc6)cc5)c(C)cn4)c3)c2)cc1-c1ccc(-c2ccccc2)cc1. The van der Waals surface area contributed by atoms with E-state index in [0.29, 0.717) is 0 Å². The Morgan fingerprint density at radius 3 is 1.16 bits per heavy atom. The molecule has 3 aromatic heterocycles. The van der Waals surface area contributed by atoms with Gasteiger partial charge in [-0.3, -0.25) is 9.97 Å². The van der Waals surface area contributed by atoms with Gasteiger partial charge in [0.25, 0.3) is 0 Å². The van der Waals surface area contributed by atoms with Gasteiger partial charge < -0.3 is 9.47 Å². The van der Waals surface area contributed by atoms with Crippen molar-refractivity contribution in [3.63, 3.8) is 0 Å². The van der Waals surface area contributed by atoms with E-state index in [1.165, 1.54) is 44.1 Å². The van der Waals surface area contributed by atoms with Crippen LogP contribution in [0.4, 0.5) is 17.1 Å². The zero-order chi connectivity index (χ0) is 47.0. The molecule has 0 saturated heterocycles. The molecular formula is C66H48N4. The fraction of sp³-hybridized carbons (Fsp3) is 0.0303. The molecule has 0 radical (unpaired) electrons. The number of aryl methyl sites for hydroxylation is 2. The second-order valence-electron chi connectivity index (χ2n) is 18.0. The van der Waals surface area contributed by atoms with Crippen LogP contribution < -0.4 is 4.90 Å². The zero-order valence-electron chi connectivity index (χ0n) is 39.0. The van der Waals surface area contributed by atoms with E-state index in [4.69, 9.17) is 9.97 Å². The van der Waals surface area contributed by atoms with Crippen molar-refractivity contribution in [3.8, 4) is 72.7 Å². The predicted molar refractivity (Wildman–Crippen MR) is 293 cm³/mol. The van der Waals surface area contributed by atoms with Crippen molar-refractivity contribution in [3.05, 3.63) is 266 Å². The van der Waals surface area contributed by atoms with Gasteiger partial charge >= 0.3 is 0 Å². The number of para-hydroxylation sites is 2. The first-order valence-corrected chi connectivity index (χ1v) is 23.9. The maximum Gasteiger partial charge on any atom is 0.0709 e. The fourth-order valence-corrected chi connectivity index (χ4v) is 9.94. The van der Waals surface area contributed by atoms with Crippen LogP contribution >= 0.6 is 0 Å². The molecule has 332 valence electrons. The number of fused-ring (bicyclic) bond motifs is 3. The molecule has 0 aliphatic rings. The Bertz CT molecular complexity index is 3590. The van der Waals surface area contributed by atoms with Gasteiger partial charge in [0.2, 0.25) is 0 Å². The van der Waals surface area contributed by atoms with E-state index in [0.717, 1.165) is 78.6 Å². The normalized spacial score (nSPS) is 11.3. The second-order valence-corrected chi connectivity index (χ2v) is 18.0. The van der Waals surface area contributed by atoms with E-state index in [-0.39, 0.29) is 0 Å². The molecule has 0 N–H and O–H groups in total. The number of aromatic nitrogens is 3. The molecule has 0 aliphatic heterocycles. The van der Waals surface area contributed by atoms with Crippen LogP contribution in [0.5, 0.6) is 0 Å². The van der Waals surface area contributed by atoms with Crippen LogP contribution in [0.3, 0.4) is 0 Å². The fourth-order valence-electron chi connectivity index (χ4n) is 9.94. The average Bonchev–Trinajstić information content (AvgIpc) is 3.77. The molecule has 70 heavy (non-hydrogen) atoms. The first-order chi connectivity index (χ1) is 34.5. The van der Waals surface area contributed by atoms with E-state index in [2.05, 4.69) is 266 Å². The van der Waals surface area contributed by atoms with E-state index in [1.807, 2.05) is 12.4 Å². The molecule has 0 atom stereocenters. The number of nitrogens with zero attached hydrogens (tertiary/aromatic N) is 4. The summed E-state index contributed by atoms with van der Waals surface area (Å²) in [5, 5.41) is 2.48. The molecule has 0 spiro atoms. The Kier molecular flexibility index (Phi) is 11.0. The van der Waals surface area contributed by atoms with Crippen molar-refractivity contribution in [2.24, 2.45) is 0 Å². The van der Waals surface area contributed by atoms with Crippen molar-refractivity contribution in [1.29, 1.82) is 0 Å². The average molecular weight is 897 g/mol. The largest absolute Gasteiger partial charge is 0.310 e. The van der Waals surface area contributed by atoms with Crippen molar-refractivity contribution >= 4 is 38.9 Å². The highest BCUT2D eigenvalue weighted by molar-refractivity contribution is 6.09. The number of rotatable bonds is 10. The lowest BCUT2D eigenvalue weighted by molar-refractivity contribution is 1.17. The van der Waals surface area contributed by atoms with Gasteiger partial charge in [0.05, 0.1) is 22.4 Å². The van der Waals surface area contributed by atoms with Crippen molar-refractivity contribution in [2.75, 3.05) is 4.90 Å². The summed E-state index contributed by atoms with van der Waals surface area (Å²) >= 11 is 0. The quantitative estimate of drug-likeness (QED) is 0.137. The highest BCUT2D eigenvalue weighted by Crippen LogP contribution is 2.41. The molecule has 12 aromatic rings. The Morgan fingerprint density at radius 1 is 0.314 bits per heavy atom. The van der Waals surface area contributed by atoms with Gasteiger partial charge in [-0.1, -0.05) is 170 Å². The highest BCUT2D eigenvalue weighted by atomic mass is 15.1. The lowest BCUT2D eigenvalue weighted by Crippen LogP contribution is -2.10. The van der Waals surface area contributed by atoms with Gasteiger partial charge in [-0.15, -0.1) is 0 Å². The van der Waals surface area contributed by atoms with Crippen LogP contribution in [-0.2, 0) is 0 Å². The summed E-state index contributed by atoms with van der Waals surface area (Å²) < 4.78 is 2.37. The first-order valence-electron chi connectivity index (χ1n) is 23.9.